The summed E-state index contributed by atoms with van der Waals surface area (Å²) in [5, 5.41) is 3.54. The second kappa shape index (κ2) is 4.72. The van der Waals surface area contributed by atoms with Gasteiger partial charge >= 0.3 is 0 Å². The molecule has 2 fully saturated rings. The van der Waals surface area contributed by atoms with Crippen LogP contribution in [0.5, 0.6) is 0 Å². The average molecular weight is 247 g/mol. The highest BCUT2D eigenvalue weighted by Crippen LogP contribution is 2.39. The van der Waals surface area contributed by atoms with Crippen molar-refractivity contribution in [2.45, 2.75) is 51.0 Å². The SMILES string of the molecule is CC1CCCC1Nc1cc(NN)nc(C2CC2)n1. The van der Waals surface area contributed by atoms with E-state index in [1.165, 1.54) is 32.1 Å². The highest BCUT2D eigenvalue weighted by atomic mass is 15.3. The predicted octanol–water partition coefficient (Wildman–Crippen LogP) is 2.24. The molecule has 2 unspecified atom stereocenters. The van der Waals surface area contributed by atoms with Crippen LogP contribution in [0.15, 0.2) is 6.07 Å². The minimum absolute atomic E-state index is 0.539. The molecule has 5 nitrogen and oxygen atoms in total. The zero-order valence-electron chi connectivity index (χ0n) is 10.8. The molecule has 0 aliphatic heterocycles. The fourth-order valence-corrected chi connectivity index (χ4v) is 2.69. The van der Waals surface area contributed by atoms with E-state index in [0.29, 0.717) is 17.8 Å². The van der Waals surface area contributed by atoms with Gasteiger partial charge in [-0.15, -0.1) is 0 Å². The Bertz CT molecular complexity index is 429. The molecule has 1 heterocycles. The van der Waals surface area contributed by atoms with Crippen LogP contribution in [0, 0.1) is 5.92 Å². The van der Waals surface area contributed by atoms with Gasteiger partial charge in [0.25, 0.3) is 0 Å². The summed E-state index contributed by atoms with van der Waals surface area (Å²) in [5.74, 6) is 9.29. The summed E-state index contributed by atoms with van der Waals surface area (Å²) in [4.78, 5) is 9.04. The first-order valence-electron chi connectivity index (χ1n) is 6.88. The lowest BCUT2D eigenvalue weighted by Gasteiger charge is -2.18. The molecule has 1 aromatic rings. The van der Waals surface area contributed by atoms with Gasteiger partial charge in [0.2, 0.25) is 0 Å². The van der Waals surface area contributed by atoms with E-state index in [9.17, 15) is 0 Å². The third-order valence-corrected chi connectivity index (χ3v) is 4.03. The first-order valence-corrected chi connectivity index (χ1v) is 6.88. The number of hydrogen-bond acceptors (Lipinski definition) is 5. The van der Waals surface area contributed by atoms with Crippen LogP contribution in [0.1, 0.15) is 50.8 Å². The van der Waals surface area contributed by atoms with Crippen LogP contribution in [0.2, 0.25) is 0 Å². The third-order valence-electron chi connectivity index (χ3n) is 4.03. The van der Waals surface area contributed by atoms with Crippen LogP contribution in [-0.2, 0) is 0 Å². The molecule has 0 bridgehead atoms. The molecular weight excluding hydrogens is 226 g/mol. The Kier molecular flexibility index (Phi) is 3.07. The van der Waals surface area contributed by atoms with Crippen molar-refractivity contribution in [3.63, 3.8) is 0 Å². The van der Waals surface area contributed by atoms with Crippen LogP contribution in [0.25, 0.3) is 0 Å². The van der Waals surface area contributed by atoms with Gasteiger partial charge in [-0.3, -0.25) is 0 Å². The highest BCUT2D eigenvalue weighted by molar-refractivity contribution is 5.48. The van der Waals surface area contributed by atoms with Gasteiger partial charge in [-0.1, -0.05) is 13.3 Å². The van der Waals surface area contributed by atoms with Crippen LogP contribution in [0.3, 0.4) is 0 Å². The van der Waals surface area contributed by atoms with Gasteiger partial charge < -0.3 is 10.7 Å². The number of anilines is 2. The molecule has 2 aliphatic carbocycles. The second-order valence-corrected chi connectivity index (χ2v) is 5.57. The van der Waals surface area contributed by atoms with E-state index in [2.05, 4.69) is 27.6 Å². The van der Waals surface area contributed by atoms with Crippen molar-refractivity contribution < 1.29 is 0 Å². The number of hydrazine groups is 1. The average Bonchev–Trinajstić information content (AvgIpc) is 3.15. The lowest BCUT2D eigenvalue weighted by Crippen LogP contribution is -2.23. The summed E-state index contributed by atoms with van der Waals surface area (Å²) in [6.07, 6.45) is 6.25. The first kappa shape index (κ1) is 11.7. The Hall–Kier alpha value is -1.36. The summed E-state index contributed by atoms with van der Waals surface area (Å²) in [6, 6.07) is 2.44. The van der Waals surface area contributed by atoms with Crippen LogP contribution in [-0.4, -0.2) is 16.0 Å². The molecule has 0 spiro atoms. The standard InChI is InChI=1S/C13H21N5/c1-8-3-2-4-10(8)15-11-7-12(18-14)17-13(16-11)9-5-6-9/h7-10H,2-6,14H2,1H3,(H2,15,16,17,18). The first-order chi connectivity index (χ1) is 8.76. The highest BCUT2D eigenvalue weighted by Gasteiger charge is 2.28. The van der Waals surface area contributed by atoms with Crippen molar-refractivity contribution in [1.29, 1.82) is 0 Å². The van der Waals surface area contributed by atoms with E-state index in [0.717, 1.165) is 17.6 Å². The molecule has 0 amide bonds. The summed E-state index contributed by atoms with van der Waals surface area (Å²) in [6.45, 7) is 2.30. The summed E-state index contributed by atoms with van der Waals surface area (Å²) < 4.78 is 0. The minimum atomic E-state index is 0.539. The zero-order valence-corrected chi connectivity index (χ0v) is 10.8. The molecule has 0 radical (unpaired) electrons. The van der Waals surface area contributed by atoms with Crippen molar-refractivity contribution >= 4 is 11.6 Å². The maximum Gasteiger partial charge on any atom is 0.145 e. The fourth-order valence-electron chi connectivity index (χ4n) is 2.69. The number of nitrogens with one attached hydrogen (secondary N) is 2. The molecule has 4 N–H and O–H groups in total. The second-order valence-electron chi connectivity index (χ2n) is 5.57. The number of nitrogen functional groups attached to an aromatic ring is 1. The lowest BCUT2D eigenvalue weighted by molar-refractivity contribution is 0.554. The molecule has 0 saturated heterocycles. The Balaban J connectivity index is 1.79. The van der Waals surface area contributed by atoms with Crippen molar-refractivity contribution in [3.8, 4) is 0 Å². The number of hydrogen-bond donors (Lipinski definition) is 3. The van der Waals surface area contributed by atoms with Gasteiger partial charge in [0.15, 0.2) is 0 Å². The molecule has 3 rings (SSSR count). The number of nitrogens with two attached hydrogens (primary N) is 1. The molecule has 5 heteroatoms. The quantitative estimate of drug-likeness (QED) is 0.562. The number of aromatic nitrogens is 2. The predicted molar refractivity (Wildman–Crippen MR) is 72.2 cm³/mol. The van der Waals surface area contributed by atoms with Gasteiger partial charge in [-0.25, -0.2) is 15.8 Å². The molecule has 18 heavy (non-hydrogen) atoms. The molecule has 2 aliphatic rings. The lowest BCUT2D eigenvalue weighted by atomic mass is 10.1. The fraction of sp³-hybridized carbons (Fsp3) is 0.692. The van der Waals surface area contributed by atoms with Gasteiger partial charge in [-0.2, -0.15) is 0 Å². The largest absolute Gasteiger partial charge is 0.367 e. The number of rotatable bonds is 4. The van der Waals surface area contributed by atoms with Crippen molar-refractivity contribution in [1.82, 2.24) is 9.97 Å². The Morgan fingerprint density at radius 1 is 1.17 bits per heavy atom. The van der Waals surface area contributed by atoms with E-state index in [-0.39, 0.29) is 0 Å². The molecule has 98 valence electrons. The maximum atomic E-state index is 5.48. The normalized spacial score (nSPS) is 27.2. The van der Waals surface area contributed by atoms with E-state index >= 15 is 0 Å². The molecular formula is C13H21N5. The van der Waals surface area contributed by atoms with Gasteiger partial charge in [0, 0.05) is 18.0 Å². The molecule has 0 aromatic carbocycles. The minimum Gasteiger partial charge on any atom is -0.367 e. The molecule has 1 aromatic heterocycles. The van der Waals surface area contributed by atoms with Gasteiger partial charge in [-0.05, 0) is 31.6 Å². The maximum absolute atomic E-state index is 5.48. The van der Waals surface area contributed by atoms with E-state index in [1.807, 2.05) is 6.07 Å². The van der Waals surface area contributed by atoms with Crippen LogP contribution < -0.4 is 16.6 Å². The van der Waals surface area contributed by atoms with Crippen molar-refractivity contribution in [2.24, 2.45) is 11.8 Å². The van der Waals surface area contributed by atoms with E-state index in [1.54, 1.807) is 0 Å². The van der Waals surface area contributed by atoms with Gasteiger partial charge in [0.1, 0.15) is 17.5 Å². The van der Waals surface area contributed by atoms with E-state index < -0.39 is 0 Å². The zero-order chi connectivity index (χ0) is 12.5. The summed E-state index contributed by atoms with van der Waals surface area (Å²) >= 11 is 0. The van der Waals surface area contributed by atoms with Crippen molar-refractivity contribution in [3.05, 3.63) is 11.9 Å². The number of nitrogens with zero attached hydrogens (tertiary/aromatic N) is 2. The Labute approximate surface area is 108 Å². The topological polar surface area (TPSA) is 75.9 Å². The Morgan fingerprint density at radius 2 is 1.94 bits per heavy atom. The smallest absolute Gasteiger partial charge is 0.145 e. The summed E-state index contributed by atoms with van der Waals surface area (Å²) in [7, 11) is 0. The monoisotopic (exact) mass is 247 g/mol. The summed E-state index contributed by atoms with van der Waals surface area (Å²) in [5.41, 5.74) is 2.64. The van der Waals surface area contributed by atoms with E-state index in [4.69, 9.17) is 5.84 Å². The van der Waals surface area contributed by atoms with Crippen LogP contribution in [0.4, 0.5) is 11.6 Å². The van der Waals surface area contributed by atoms with Crippen LogP contribution >= 0.6 is 0 Å². The van der Waals surface area contributed by atoms with Crippen molar-refractivity contribution in [2.75, 3.05) is 10.7 Å². The third kappa shape index (κ3) is 2.41. The molecule has 2 saturated carbocycles. The van der Waals surface area contributed by atoms with Gasteiger partial charge in [0.05, 0.1) is 0 Å². The molecule has 2 atom stereocenters. The Morgan fingerprint density at radius 3 is 2.56 bits per heavy atom.